The lowest BCUT2D eigenvalue weighted by Gasteiger charge is -2.36. The van der Waals surface area contributed by atoms with Crippen LogP contribution in [-0.2, 0) is 11.3 Å². The van der Waals surface area contributed by atoms with Crippen LogP contribution in [0.25, 0.3) is 0 Å². The number of carbonyl (C=O) groups excluding carboxylic acids is 1. The lowest BCUT2D eigenvalue weighted by atomic mass is 10.1. The van der Waals surface area contributed by atoms with E-state index in [1.807, 2.05) is 48.5 Å². The minimum atomic E-state index is -0.842. The van der Waals surface area contributed by atoms with E-state index in [0.717, 1.165) is 29.0 Å². The molecule has 1 atom stereocenters. The summed E-state index contributed by atoms with van der Waals surface area (Å²) in [4.78, 5) is 16.4. The molecule has 5 nitrogen and oxygen atoms in total. The molecule has 0 unspecified atom stereocenters. The van der Waals surface area contributed by atoms with Gasteiger partial charge in [-0.05, 0) is 47.5 Å². The van der Waals surface area contributed by atoms with Gasteiger partial charge in [-0.2, -0.15) is 0 Å². The van der Waals surface area contributed by atoms with E-state index < -0.39 is 23.1 Å². The quantitative estimate of drug-likeness (QED) is 0.418. The number of ether oxygens (including phenoxy) is 2. The molecule has 0 aromatic heterocycles. The highest BCUT2D eigenvalue weighted by Crippen LogP contribution is 2.25. The van der Waals surface area contributed by atoms with Gasteiger partial charge in [-0.25, -0.2) is 8.78 Å². The van der Waals surface area contributed by atoms with E-state index >= 15 is 0 Å². The molecule has 1 amide bonds. The minimum absolute atomic E-state index is 0.232. The molecule has 0 aliphatic carbocycles. The van der Waals surface area contributed by atoms with Gasteiger partial charge in [0.1, 0.15) is 22.9 Å². The predicted molar refractivity (Wildman–Crippen MR) is 131 cm³/mol. The lowest BCUT2D eigenvalue weighted by Crippen LogP contribution is -2.50. The maximum atomic E-state index is 14.1. The van der Waals surface area contributed by atoms with Crippen molar-refractivity contribution in [1.82, 2.24) is 9.80 Å². The smallest absolute Gasteiger partial charge is 0.259 e. The van der Waals surface area contributed by atoms with E-state index in [-0.39, 0.29) is 6.10 Å². The number of amides is 1. The Morgan fingerprint density at radius 1 is 0.971 bits per heavy atom. The second kappa shape index (κ2) is 11.6. The molecule has 0 spiro atoms. The van der Waals surface area contributed by atoms with Gasteiger partial charge >= 0.3 is 0 Å². The molecule has 0 radical (unpaired) electrons. The maximum absolute atomic E-state index is 14.1. The summed E-state index contributed by atoms with van der Waals surface area (Å²) in [5.74, 6) is -1.54. The molecular formula is C27H27ClF2N2O3. The normalized spacial score (nSPS) is 15.1. The fourth-order valence-corrected chi connectivity index (χ4v) is 4.25. The van der Waals surface area contributed by atoms with Gasteiger partial charge in [0.15, 0.2) is 0 Å². The summed E-state index contributed by atoms with van der Waals surface area (Å²) in [6.45, 7) is 2.87. The Hall–Kier alpha value is -3.00. The van der Waals surface area contributed by atoms with Crippen LogP contribution in [-0.4, -0.2) is 55.5 Å². The zero-order valence-corrected chi connectivity index (χ0v) is 20.2. The molecular weight excluding hydrogens is 474 g/mol. The molecule has 1 heterocycles. The van der Waals surface area contributed by atoms with Crippen LogP contribution in [0.1, 0.15) is 27.6 Å². The first-order valence-electron chi connectivity index (χ1n) is 11.4. The summed E-state index contributed by atoms with van der Waals surface area (Å²) in [6, 6.07) is 18.7. The predicted octanol–water partition coefficient (Wildman–Crippen LogP) is 5.34. The average molecular weight is 501 g/mol. The van der Waals surface area contributed by atoms with Crippen LogP contribution in [0.3, 0.4) is 0 Å². The third kappa shape index (κ3) is 6.36. The standard InChI is InChI=1S/C27H27ClF2N2O3/c1-34-22-5-2-4-19(16-22)18-35-25(20-8-10-21(28)11-9-20)17-31-12-14-32(15-13-31)27(33)26-23(29)6-3-7-24(26)30/h2-11,16,25H,12-15,17-18H2,1H3/t25-/m1/s1. The van der Waals surface area contributed by atoms with Crippen molar-refractivity contribution in [2.75, 3.05) is 39.8 Å². The third-order valence-electron chi connectivity index (χ3n) is 6.09. The highest BCUT2D eigenvalue weighted by Gasteiger charge is 2.28. The first kappa shape index (κ1) is 25.1. The summed E-state index contributed by atoms with van der Waals surface area (Å²) < 4.78 is 39.7. The summed E-state index contributed by atoms with van der Waals surface area (Å²) in [5.41, 5.74) is 1.48. The Morgan fingerprint density at radius 2 is 1.63 bits per heavy atom. The van der Waals surface area contributed by atoms with Gasteiger partial charge in [0, 0.05) is 37.7 Å². The molecule has 3 aromatic rings. The van der Waals surface area contributed by atoms with E-state index in [2.05, 4.69) is 4.90 Å². The Labute approximate surface area is 208 Å². The van der Waals surface area contributed by atoms with Crippen molar-refractivity contribution in [2.24, 2.45) is 0 Å². The lowest BCUT2D eigenvalue weighted by molar-refractivity contribution is 0.00328. The van der Waals surface area contributed by atoms with Crippen LogP contribution in [0.2, 0.25) is 5.02 Å². The molecule has 1 aliphatic heterocycles. The van der Waals surface area contributed by atoms with Crippen molar-refractivity contribution < 1.29 is 23.0 Å². The highest BCUT2D eigenvalue weighted by molar-refractivity contribution is 6.30. The summed E-state index contributed by atoms with van der Waals surface area (Å²) in [5, 5.41) is 0.646. The second-order valence-electron chi connectivity index (χ2n) is 8.39. The molecule has 35 heavy (non-hydrogen) atoms. The van der Waals surface area contributed by atoms with Crippen LogP contribution in [0, 0.1) is 11.6 Å². The Kier molecular flexibility index (Phi) is 8.33. The number of piperazine rings is 1. The van der Waals surface area contributed by atoms with Crippen molar-refractivity contribution in [3.63, 3.8) is 0 Å². The molecule has 1 fully saturated rings. The van der Waals surface area contributed by atoms with Crippen LogP contribution < -0.4 is 4.74 Å². The van der Waals surface area contributed by atoms with Gasteiger partial charge in [0.25, 0.3) is 5.91 Å². The molecule has 3 aromatic carbocycles. The molecule has 1 saturated heterocycles. The van der Waals surface area contributed by atoms with E-state index in [4.69, 9.17) is 21.1 Å². The zero-order valence-electron chi connectivity index (χ0n) is 19.4. The Balaban J connectivity index is 1.41. The van der Waals surface area contributed by atoms with Gasteiger partial charge in [-0.15, -0.1) is 0 Å². The van der Waals surface area contributed by atoms with Crippen molar-refractivity contribution in [3.8, 4) is 5.75 Å². The van der Waals surface area contributed by atoms with Crippen molar-refractivity contribution in [1.29, 1.82) is 0 Å². The summed E-state index contributed by atoms with van der Waals surface area (Å²) in [7, 11) is 1.63. The highest BCUT2D eigenvalue weighted by atomic mass is 35.5. The van der Waals surface area contributed by atoms with E-state index in [1.165, 1.54) is 11.0 Å². The van der Waals surface area contributed by atoms with Gasteiger partial charge in [0.2, 0.25) is 0 Å². The van der Waals surface area contributed by atoms with Crippen molar-refractivity contribution in [3.05, 3.63) is 100 Å². The molecule has 4 rings (SSSR count). The number of hydrogen-bond acceptors (Lipinski definition) is 4. The van der Waals surface area contributed by atoms with Crippen LogP contribution in [0.15, 0.2) is 66.7 Å². The fourth-order valence-electron chi connectivity index (χ4n) is 4.12. The maximum Gasteiger partial charge on any atom is 0.259 e. The zero-order chi connectivity index (χ0) is 24.8. The molecule has 1 aliphatic rings. The van der Waals surface area contributed by atoms with Gasteiger partial charge < -0.3 is 14.4 Å². The Morgan fingerprint density at radius 3 is 2.29 bits per heavy atom. The van der Waals surface area contributed by atoms with Gasteiger partial charge in [-0.3, -0.25) is 9.69 Å². The number of methoxy groups -OCH3 is 1. The van der Waals surface area contributed by atoms with Crippen LogP contribution >= 0.6 is 11.6 Å². The SMILES string of the molecule is COc1cccc(CO[C@H](CN2CCN(C(=O)c3c(F)cccc3F)CC2)c2ccc(Cl)cc2)c1. The summed E-state index contributed by atoms with van der Waals surface area (Å²) in [6.07, 6.45) is -0.232. The number of halogens is 3. The van der Waals surface area contributed by atoms with Crippen LogP contribution in [0.5, 0.6) is 5.75 Å². The summed E-state index contributed by atoms with van der Waals surface area (Å²) >= 11 is 6.08. The fraction of sp³-hybridized carbons (Fsp3) is 0.296. The molecule has 0 bridgehead atoms. The van der Waals surface area contributed by atoms with Crippen LogP contribution in [0.4, 0.5) is 8.78 Å². The van der Waals surface area contributed by atoms with Crippen molar-refractivity contribution in [2.45, 2.75) is 12.7 Å². The topological polar surface area (TPSA) is 42.0 Å². The number of carbonyl (C=O) groups is 1. The second-order valence-corrected chi connectivity index (χ2v) is 8.83. The molecule has 184 valence electrons. The largest absolute Gasteiger partial charge is 0.497 e. The first-order chi connectivity index (χ1) is 16.9. The van der Waals surface area contributed by atoms with E-state index in [0.29, 0.717) is 44.4 Å². The molecule has 0 N–H and O–H groups in total. The number of benzene rings is 3. The van der Waals surface area contributed by atoms with Gasteiger partial charge in [0.05, 0.1) is 19.8 Å². The third-order valence-corrected chi connectivity index (χ3v) is 6.34. The van der Waals surface area contributed by atoms with E-state index in [1.54, 1.807) is 7.11 Å². The Bertz CT molecular complexity index is 1130. The first-order valence-corrected chi connectivity index (χ1v) is 11.8. The average Bonchev–Trinajstić information content (AvgIpc) is 2.87. The number of nitrogens with zero attached hydrogens (tertiary/aromatic N) is 2. The van der Waals surface area contributed by atoms with Crippen molar-refractivity contribution >= 4 is 17.5 Å². The number of hydrogen-bond donors (Lipinski definition) is 0. The van der Waals surface area contributed by atoms with Gasteiger partial charge in [-0.1, -0.05) is 41.9 Å². The number of rotatable bonds is 8. The molecule has 8 heteroatoms. The van der Waals surface area contributed by atoms with E-state index in [9.17, 15) is 13.6 Å². The monoisotopic (exact) mass is 500 g/mol. The molecule has 0 saturated carbocycles. The minimum Gasteiger partial charge on any atom is -0.497 e.